The van der Waals surface area contributed by atoms with Crippen LogP contribution in [0, 0.1) is 5.92 Å². The molecule has 1 aromatic carbocycles. The molecule has 5 nitrogen and oxygen atoms in total. The zero-order valence-electron chi connectivity index (χ0n) is 14.6. The molecule has 138 valence electrons. The summed E-state index contributed by atoms with van der Waals surface area (Å²) in [5.74, 6) is 0.851. The number of aromatic nitrogens is 1. The summed E-state index contributed by atoms with van der Waals surface area (Å²) >= 11 is 0. The molecule has 1 amide bonds. The summed E-state index contributed by atoms with van der Waals surface area (Å²) < 4.78 is 5.72. The van der Waals surface area contributed by atoms with Crippen molar-refractivity contribution in [2.75, 3.05) is 5.32 Å². The molecule has 0 spiro atoms. The first-order valence-corrected chi connectivity index (χ1v) is 7.79. The summed E-state index contributed by atoms with van der Waals surface area (Å²) in [5, 5.41) is 2.80. The molecular weight excluding hydrogens is 361 g/mol. The van der Waals surface area contributed by atoms with E-state index < -0.39 is 0 Å². The van der Waals surface area contributed by atoms with Gasteiger partial charge in [0.15, 0.2) is 0 Å². The van der Waals surface area contributed by atoms with Crippen molar-refractivity contribution < 1.29 is 9.53 Å². The highest BCUT2D eigenvalue weighted by molar-refractivity contribution is 5.92. The van der Waals surface area contributed by atoms with E-state index in [1.807, 2.05) is 25.1 Å². The highest BCUT2D eigenvalue weighted by Gasteiger charge is 2.17. The van der Waals surface area contributed by atoms with Gasteiger partial charge in [-0.15, -0.1) is 24.8 Å². The number of rotatable bonds is 6. The number of nitrogens with one attached hydrogen (secondary N) is 1. The fourth-order valence-corrected chi connectivity index (χ4v) is 1.96. The predicted molar refractivity (Wildman–Crippen MR) is 106 cm³/mol. The molecule has 0 aliphatic carbocycles. The second-order valence-electron chi connectivity index (χ2n) is 5.63. The quantitative estimate of drug-likeness (QED) is 0.780. The Morgan fingerprint density at radius 3 is 2.52 bits per heavy atom. The number of carbonyl (C=O) groups is 1. The van der Waals surface area contributed by atoms with Crippen molar-refractivity contribution in [3.8, 4) is 11.6 Å². The number of halogens is 2. The molecule has 2 rings (SSSR count). The van der Waals surface area contributed by atoms with Crippen LogP contribution < -0.4 is 15.8 Å². The van der Waals surface area contributed by atoms with E-state index >= 15 is 0 Å². The van der Waals surface area contributed by atoms with Gasteiger partial charge in [0.05, 0.1) is 17.8 Å². The van der Waals surface area contributed by atoms with Crippen LogP contribution in [0.5, 0.6) is 11.6 Å². The van der Waals surface area contributed by atoms with Crippen LogP contribution in [0.25, 0.3) is 0 Å². The van der Waals surface area contributed by atoms with Gasteiger partial charge in [-0.25, -0.2) is 4.98 Å². The van der Waals surface area contributed by atoms with Crippen molar-refractivity contribution in [2.24, 2.45) is 11.7 Å². The van der Waals surface area contributed by atoms with E-state index in [0.717, 1.165) is 12.2 Å². The van der Waals surface area contributed by atoms with Crippen molar-refractivity contribution in [3.05, 3.63) is 48.2 Å². The van der Waals surface area contributed by atoms with Crippen LogP contribution in [-0.2, 0) is 11.2 Å². The monoisotopic (exact) mass is 385 g/mol. The van der Waals surface area contributed by atoms with Crippen LogP contribution in [0.2, 0.25) is 0 Å². The molecule has 3 N–H and O–H groups in total. The number of carbonyl (C=O) groups excluding carboxylic acids is 1. The molecule has 1 heterocycles. The average Bonchev–Trinajstić information content (AvgIpc) is 2.56. The number of aryl methyl sites for hydroxylation is 1. The lowest BCUT2D eigenvalue weighted by Crippen LogP contribution is -2.34. The second-order valence-corrected chi connectivity index (χ2v) is 5.63. The maximum Gasteiger partial charge on any atom is 0.228 e. The molecule has 0 aliphatic rings. The highest BCUT2D eigenvalue weighted by atomic mass is 35.5. The van der Waals surface area contributed by atoms with E-state index in [1.54, 1.807) is 25.3 Å². The minimum atomic E-state index is -0.261. The van der Waals surface area contributed by atoms with E-state index in [9.17, 15) is 4.79 Å². The van der Waals surface area contributed by atoms with Crippen LogP contribution in [-0.4, -0.2) is 16.9 Å². The van der Waals surface area contributed by atoms with E-state index in [-0.39, 0.29) is 42.7 Å². The van der Waals surface area contributed by atoms with Crippen LogP contribution in [0.15, 0.2) is 42.6 Å². The van der Waals surface area contributed by atoms with Crippen LogP contribution in [0.3, 0.4) is 0 Å². The maximum atomic E-state index is 12.0. The minimum absolute atomic E-state index is 0. The number of pyridine rings is 1. The predicted octanol–water partition coefficient (Wildman–Crippen LogP) is 4.20. The van der Waals surface area contributed by atoms with Gasteiger partial charge in [-0.3, -0.25) is 4.79 Å². The van der Waals surface area contributed by atoms with Crippen molar-refractivity contribution in [2.45, 2.75) is 33.2 Å². The van der Waals surface area contributed by atoms with Gasteiger partial charge in [0.25, 0.3) is 0 Å². The van der Waals surface area contributed by atoms with Crippen molar-refractivity contribution in [1.29, 1.82) is 0 Å². The van der Waals surface area contributed by atoms with Gasteiger partial charge in [-0.05, 0) is 37.1 Å². The van der Waals surface area contributed by atoms with Gasteiger partial charge >= 0.3 is 0 Å². The summed E-state index contributed by atoms with van der Waals surface area (Å²) in [6.45, 7) is 5.70. The molecule has 0 aliphatic heterocycles. The van der Waals surface area contributed by atoms with E-state index in [0.29, 0.717) is 11.6 Å². The molecule has 0 fully saturated rings. The average molecular weight is 386 g/mol. The first-order chi connectivity index (χ1) is 11.0. The van der Waals surface area contributed by atoms with Crippen molar-refractivity contribution in [3.63, 3.8) is 0 Å². The number of hydrogen-bond acceptors (Lipinski definition) is 4. The Hall–Kier alpha value is -1.82. The van der Waals surface area contributed by atoms with Crippen LogP contribution >= 0.6 is 24.8 Å². The summed E-state index contributed by atoms with van der Waals surface area (Å²) in [4.78, 5) is 16.2. The van der Waals surface area contributed by atoms with Gasteiger partial charge < -0.3 is 15.8 Å². The molecule has 2 atom stereocenters. The summed E-state index contributed by atoms with van der Waals surface area (Å²) in [6.07, 6.45) is 2.53. The van der Waals surface area contributed by atoms with Crippen LogP contribution in [0.1, 0.15) is 26.3 Å². The fourth-order valence-electron chi connectivity index (χ4n) is 1.96. The number of nitrogens with two attached hydrogens (primary N) is 1. The van der Waals surface area contributed by atoms with Gasteiger partial charge in [-0.1, -0.05) is 26.0 Å². The van der Waals surface area contributed by atoms with Crippen molar-refractivity contribution in [1.82, 2.24) is 4.98 Å². The molecule has 25 heavy (non-hydrogen) atoms. The zero-order valence-corrected chi connectivity index (χ0v) is 16.2. The SMILES string of the molecule is CCc1cccc(Oc2ccc(NC(=O)C(C)C(C)N)cn2)c1.Cl.Cl. The highest BCUT2D eigenvalue weighted by Crippen LogP contribution is 2.22. The largest absolute Gasteiger partial charge is 0.439 e. The molecule has 2 aromatic rings. The van der Waals surface area contributed by atoms with Crippen LogP contribution in [0.4, 0.5) is 5.69 Å². The number of nitrogens with zero attached hydrogens (tertiary/aromatic N) is 1. The van der Waals surface area contributed by atoms with E-state index in [1.165, 1.54) is 5.56 Å². The third-order valence-corrected chi connectivity index (χ3v) is 3.74. The molecule has 0 bridgehead atoms. The Kier molecular flexibility index (Phi) is 10.1. The third kappa shape index (κ3) is 6.90. The lowest BCUT2D eigenvalue weighted by molar-refractivity contribution is -0.119. The lowest BCUT2D eigenvalue weighted by atomic mass is 10.0. The summed E-state index contributed by atoms with van der Waals surface area (Å²) in [6, 6.07) is 11.2. The number of anilines is 1. The number of hydrogen-bond donors (Lipinski definition) is 2. The Morgan fingerprint density at radius 1 is 1.24 bits per heavy atom. The molecule has 0 saturated heterocycles. The first-order valence-electron chi connectivity index (χ1n) is 7.79. The maximum absolute atomic E-state index is 12.0. The number of benzene rings is 1. The number of ether oxygens (including phenoxy) is 1. The zero-order chi connectivity index (χ0) is 16.8. The molecule has 7 heteroatoms. The fraction of sp³-hybridized carbons (Fsp3) is 0.333. The second kappa shape index (κ2) is 10.9. The molecule has 1 aromatic heterocycles. The Morgan fingerprint density at radius 2 is 1.96 bits per heavy atom. The van der Waals surface area contributed by atoms with Gasteiger partial charge in [-0.2, -0.15) is 0 Å². The van der Waals surface area contributed by atoms with E-state index in [2.05, 4.69) is 23.3 Å². The van der Waals surface area contributed by atoms with Gasteiger partial charge in [0.1, 0.15) is 5.75 Å². The van der Waals surface area contributed by atoms with Gasteiger partial charge in [0, 0.05) is 12.1 Å². The summed E-state index contributed by atoms with van der Waals surface area (Å²) in [7, 11) is 0. The van der Waals surface area contributed by atoms with Gasteiger partial charge in [0.2, 0.25) is 11.8 Å². The Labute approximate surface area is 161 Å². The molecule has 2 unspecified atom stereocenters. The molecule has 0 saturated carbocycles. The minimum Gasteiger partial charge on any atom is -0.439 e. The van der Waals surface area contributed by atoms with Crippen molar-refractivity contribution >= 4 is 36.4 Å². The topological polar surface area (TPSA) is 77.2 Å². The Bertz CT molecular complexity index is 664. The normalized spacial score (nSPS) is 12.2. The molecule has 0 radical (unpaired) electrons. The summed E-state index contributed by atoms with van der Waals surface area (Å²) in [5.41, 5.74) is 7.55. The standard InChI is InChI=1S/C18H23N3O2.2ClH/c1-4-14-6-5-7-16(10-14)23-17-9-8-15(11-20-17)21-18(22)12(2)13(3)19;;/h5-13H,4,19H2,1-3H3,(H,21,22);2*1H. The Balaban J connectivity index is 0.00000288. The van der Waals surface area contributed by atoms with E-state index in [4.69, 9.17) is 10.5 Å². The smallest absolute Gasteiger partial charge is 0.228 e. The third-order valence-electron chi connectivity index (χ3n) is 3.74. The first kappa shape index (κ1) is 23.2. The molecular formula is C18H25Cl2N3O2. The lowest BCUT2D eigenvalue weighted by Gasteiger charge is -2.15. The number of amides is 1.